The number of fused-ring (bicyclic) bond motifs is 1. The molecule has 3 amide bonds. The molecule has 0 spiro atoms. The number of hydrogen-bond acceptors (Lipinski definition) is 6. The van der Waals surface area contributed by atoms with Gasteiger partial charge in [-0.2, -0.15) is 9.97 Å². The van der Waals surface area contributed by atoms with Crippen LogP contribution in [0.2, 0.25) is 0 Å². The topological polar surface area (TPSA) is 101 Å². The summed E-state index contributed by atoms with van der Waals surface area (Å²) in [4.78, 5) is 47.7. The smallest absolute Gasteiger partial charge is 0.322 e. The highest BCUT2D eigenvalue weighted by molar-refractivity contribution is 6.23. The maximum absolute atomic E-state index is 12.9. The maximum atomic E-state index is 12.9. The number of benzene rings is 2. The summed E-state index contributed by atoms with van der Waals surface area (Å²) in [6.07, 6.45) is 0. The second-order valence-electron chi connectivity index (χ2n) is 7.16. The van der Waals surface area contributed by atoms with Crippen molar-refractivity contribution in [1.82, 2.24) is 14.9 Å². The number of hydrogen-bond donors (Lipinski definition) is 1. The summed E-state index contributed by atoms with van der Waals surface area (Å²) >= 11 is 0. The van der Waals surface area contributed by atoms with Crippen LogP contribution in [0.3, 0.4) is 0 Å². The number of aromatic nitrogens is 2. The zero-order chi connectivity index (χ0) is 22.1. The first kappa shape index (κ1) is 20.2. The third-order valence-electron chi connectivity index (χ3n) is 5.04. The Balaban J connectivity index is 1.52. The van der Waals surface area contributed by atoms with Crippen molar-refractivity contribution in [3.63, 3.8) is 0 Å². The maximum Gasteiger partial charge on any atom is 0.322 e. The van der Waals surface area contributed by atoms with Crippen molar-refractivity contribution in [3.05, 3.63) is 77.1 Å². The molecule has 1 aliphatic heterocycles. The average molecular weight is 416 g/mol. The highest BCUT2D eigenvalue weighted by atomic mass is 16.5. The minimum absolute atomic E-state index is 0.160. The third kappa shape index (κ3) is 3.75. The molecule has 0 aliphatic carbocycles. The van der Waals surface area contributed by atoms with Crippen LogP contribution < -0.4 is 10.1 Å². The van der Waals surface area contributed by atoms with Gasteiger partial charge >= 0.3 is 6.01 Å². The zero-order valence-electron chi connectivity index (χ0n) is 17.2. The van der Waals surface area contributed by atoms with Gasteiger partial charge in [-0.1, -0.05) is 30.3 Å². The quantitative estimate of drug-likeness (QED) is 0.639. The fourth-order valence-corrected chi connectivity index (χ4v) is 3.41. The summed E-state index contributed by atoms with van der Waals surface area (Å²) in [6, 6.07) is 14.8. The van der Waals surface area contributed by atoms with Crippen LogP contribution >= 0.6 is 0 Å². The summed E-state index contributed by atoms with van der Waals surface area (Å²) in [6.45, 7) is 4.94. The van der Waals surface area contributed by atoms with Gasteiger partial charge in [-0.15, -0.1) is 0 Å². The molecular formula is C23H20N4O4. The van der Waals surface area contributed by atoms with Crippen molar-refractivity contribution in [2.24, 2.45) is 0 Å². The normalized spacial score (nSPS) is 13.7. The monoisotopic (exact) mass is 416 g/mol. The zero-order valence-corrected chi connectivity index (χ0v) is 17.2. The predicted octanol–water partition coefficient (Wildman–Crippen LogP) is 3.51. The summed E-state index contributed by atoms with van der Waals surface area (Å²) in [5.41, 5.74) is 2.01. The number of carbonyl (C=O) groups is 3. The van der Waals surface area contributed by atoms with E-state index in [-0.39, 0.29) is 6.01 Å². The number of ether oxygens (including phenoxy) is 1. The van der Waals surface area contributed by atoms with Crippen LogP contribution in [0.15, 0.2) is 54.6 Å². The third-order valence-corrected chi connectivity index (χ3v) is 5.04. The van der Waals surface area contributed by atoms with Gasteiger partial charge in [0.05, 0.1) is 28.2 Å². The van der Waals surface area contributed by atoms with E-state index in [0.29, 0.717) is 34.0 Å². The summed E-state index contributed by atoms with van der Waals surface area (Å²) < 4.78 is 5.66. The Kier molecular flexibility index (Phi) is 5.21. The number of nitrogens with one attached hydrogen (secondary N) is 1. The molecule has 2 aromatic carbocycles. The molecule has 3 aromatic rings. The first-order valence-electron chi connectivity index (χ1n) is 9.72. The van der Waals surface area contributed by atoms with Gasteiger partial charge in [0.25, 0.3) is 11.8 Å². The van der Waals surface area contributed by atoms with E-state index >= 15 is 0 Å². The summed E-state index contributed by atoms with van der Waals surface area (Å²) in [5.74, 6) is -0.891. The summed E-state index contributed by atoms with van der Waals surface area (Å²) in [7, 11) is 0. The minimum atomic E-state index is -1.01. The number of nitrogens with zero attached hydrogens (tertiary/aromatic N) is 3. The molecule has 1 aliphatic rings. The molecule has 8 heteroatoms. The second kappa shape index (κ2) is 7.98. The molecule has 1 atom stereocenters. The molecular weight excluding hydrogens is 396 g/mol. The Bertz CT molecular complexity index is 1140. The van der Waals surface area contributed by atoms with E-state index in [1.54, 1.807) is 50.2 Å². The van der Waals surface area contributed by atoms with Gasteiger partial charge in [-0.05, 0) is 45.0 Å². The molecule has 4 rings (SSSR count). The van der Waals surface area contributed by atoms with Crippen molar-refractivity contribution in [2.75, 3.05) is 5.32 Å². The van der Waals surface area contributed by atoms with Gasteiger partial charge in [0, 0.05) is 0 Å². The van der Waals surface area contributed by atoms with Gasteiger partial charge in [0.1, 0.15) is 11.8 Å². The lowest BCUT2D eigenvalue weighted by molar-refractivity contribution is -0.119. The number of rotatable bonds is 5. The van der Waals surface area contributed by atoms with Gasteiger partial charge in [0.15, 0.2) is 0 Å². The Hall–Kier alpha value is -4.07. The van der Waals surface area contributed by atoms with Crippen molar-refractivity contribution < 1.29 is 19.1 Å². The van der Waals surface area contributed by atoms with Crippen molar-refractivity contribution in [2.45, 2.75) is 26.8 Å². The number of carbonyl (C=O) groups excluding carboxylic acids is 3. The van der Waals surface area contributed by atoms with Gasteiger partial charge in [-0.25, -0.2) is 0 Å². The molecule has 1 aromatic heterocycles. The number of amides is 3. The van der Waals surface area contributed by atoms with Crippen LogP contribution in [-0.4, -0.2) is 38.6 Å². The molecule has 0 saturated heterocycles. The molecule has 1 N–H and O–H groups in total. The molecule has 0 bridgehead atoms. The average Bonchev–Trinajstić information content (AvgIpc) is 3.01. The fourth-order valence-electron chi connectivity index (χ4n) is 3.41. The van der Waals surface area contributed by atoms with Gasteiger partial charge in [0.2, 0.25) is 5.91 Å². The highest BCUT2D eigenvalue weighted by Crippen LogP contribution is 2.26. The van der Waals surface area contributed by atoms with Crippen LogP contribution in [0.5, 0.6) is 11.8 Å². The van der Waals surface area contributed by atoms with Crippen LogP contribution in [0.25, 0.3) is 0 Å². The lowest BCUT2D eigenvalue weighted by Gasteiger charge is -2.22. The first-order valence-corrected chi connectivity index (χ1v) is 9.72. The Morgan fingerprint density at radius 3 is 1.97 bits per heavy atom. The van der Waals surface area contributed by atoms with E-state index in [1.165, 1.54) is 6.92 Å². The Morgan fingerprint density at radius 1 is 0.903 bits per heavy atom. The molecule has 2 heterocycles. The number of aryl methyl sites for hydroxylation is 2. The summed E-state index contributed by atoms with van der Waals surface area (Å²) in [5, 5.41) is 2.75. The molecule has 0 fully saturated rings. The van der Waals surface area contributed by atoms with E-state index in [2.05, 4.69) is 15.3 Å². The van der Waals surface area contributed by atoms with E-state index in [9.17, 15) is 14.4 Å². The Morgan fingerprint density at radius 2 is 1.42 bits per heavy atom. The van der Waals surface area contributed by atoms with E-state index < -0.39 is 23.8 Å². The first-order chi connectivity index (χ1) is 14.9. The standard InChI is InChI=1S/C23H20N4O4/c1-13-19(14(2)25-23(24-13)31-16-9-5-4-6-10-16)26-20(28)15(3)27-21(29)17-11-7-8-12-18(17)22(27)30/h4-12,15H,1-3H3,(H,26,28). The molecule has 31 heavy (non-hydrogen) atoms. The van der Waals surface area contributed by atoms with Gasteiger partial charge in [-0.3, -0.25) is 19.3 Å². The molecule has 0 saturated carbocycles. The fraction of sp³-hybridized carbons (Fsp3) is 0.174. The number of para-hydroxylation sites is 1. The lowest BCUT2D eigenvalue weighted by Crippen LogP contribution is -2.45. The van der Waals surface area contributed by atoms with Crippen molar-refractivity contribution in [1.29, 1.82) is 0 Å². The number of anilines is 1. The van der Waals surface area contributed by atoms with E-state index in [0.717, 1.165) is 4.90 Å². The molecule has 156 valence electrons. The lowest BCUT2D eigenvalue weighted by atomic mass is 10.1. The highest BCUT2D eigenvalue weighted by Gasteiger charge is 2.40. The Labute approximate surface area is 178 Å². The van der Waals surface area contributed by atoms with Crippen LogP contribution in [0.4, 0.5) is 5.69 Å². The minimum Gasteiger partial charge on any atom is -0.424 e. The SMILES string of the molecule is Cc1nc(Oc2ccccc2)nc(C)c1NC(=O)C(C)N1C(=O)c2ccccc2C1=O. The van der Waals surface area contributed by atoms with E-state index in [1.807, 2.05) is 18.2 Å². The van der Waals surface area contributed by atoms with Crippen LogP contribution in [0, 0.1) is 13.8 Å². The van der Waals surface area contributed by atoms with Gasteiger partial charge < -0.3 is 10.1 Å². The number of imide groups is 1. The predicted molar refractivity (Wildman–Crippen MR) is 113 cm³/mol. The van der Waals surface area contributed by atoms with E-state index in [4.69, 9.17) is 4.74 Å². The molecule has 0 radical (unpaired) electrons. The molecule has 8 nitrogen and oxygen atoms in total. The largest absolute Gasteiger partial charge is 0.424 e. The molecule has 1 unspecified atom stereocenters. The van der Waals surface area contributed by atoms with Crippen molar-refractivity contribution >= 4 is 23.4 Å². The van der Waals surface area contributed by atoms with Crippen molar-refractivity contribution in [3.8, 4) is 11.8 Å². The second-order valence-corrected chi connectivity index (χ2v) is 7.16. The van der Waals surface area contributed by atoms with Crippen LogP contribution in [-0.2, 0) is 4.79 Å². The van der Waals surface area contributed by atoms with Crippen LogP contribution in [0.1, 0.15) is 39.0 Å².